The van der Waals surface area contributed by atoms with Gasteiger partial charge in [0.15, 0.2) is 6.10 Å². The summed E-state index contributed by atoms with van der Waals surface area (Å²) >= 11 is 0. The minimum absolute atomic E-state index is 0.0570. The largest absolute Gasteiger partial charge is 0.462 e. The monoisotopic (exact) mass is 625 g/mol. The predicted molar refractivity (Wildman–Crippen MR) is 187 cm³/mol. The quantitative estimate of drug-likeness (QED) is 0.0554. The van der Waals surface area contributed by atoms with Gasteiger partial charge < -0.3 is 14.6 Å². The summed E-state index contributed by atoms with van der Waals surface area (Å²) in [6.45, 7) is 4.16. The minimum atomic E-state index is -0.760. The van der Waals surface area contributed by atoms with Gasteiger partial charge in [-0.15, -0.1) is 0 Å². The van der Waals surface area contributed by atoms with Crippen molar-refractivity contribution in [2.75, 3.05) is 13.2 Å². The number of ether oxygens (including phenoxy) is 2. The lowest BCUT2D eigenvalue weighted by atomic mass is 10.0. The van der Waals surface area contributed by atoms with E-state index in [9.17, 15) is 14.7 Å². The van der Waals surface area contributed by atoms with Crippen LogP contribution in [0, 0.1) is 0 Å². The topological polar surface area (TPSA) is 72.8 Å². The molecule has 1 unspecified atom stereocenters. The van der Waals surface area contributed by atoms with E-state index in [0.29, 0.717) is 12.8 Å². The molecule has 0 heterocycles. The fourth-order valence-corrected chi connectivity index (χ4v) is 5.91. The van der Waals surface area contributed by atoms with Gasteiger partial charge in [-0.1, -0.05) is 194 Å². The van der Waals surface area contributed by atoms with Gasteiger partial charge in [-0.2, -0.15) is 0 Å². The number of hydrogen-bond acceptors (Lipinski definition) is 5. The first-order valence-electron chi connectivity index (χ1n) is 19.6. The molecule has 0 aliphatic heterocycles. The van der Waals surface area contributed by atoms with Gasteiger partial charge in [0.1, 0.15) is 6.61 Å². The van der Waals surface area contributed by atoms with Crippen molar-refractivity contribution in [1.82, 2.24) is 0 Å². The Bertz CT molecular complexity index is 593. The fraction of sp³-hybridized carbons (Fsp3) is 0.949. The van der Waals surface area contributed by atoms with Crippen molar-refractivity contribution in [3.05, 3.63) is 0 Å². The summed E-state index contributed by atoms with van der Waals surface area (Å²) in [5.41, 5.74) is 0. The third-order valence-corrected chi connectivity index (χ3v) is 8.90. The number of aliphatic hydroxyl groups is 1. The summed E-state index contributed by atoms with van der Waals surface area (Å²) in [5.74, 6) is -0.576. The van der Waals surface area contributed by atoms with Crippen LogP contribution in [0.15, 0.2) is 0 Å². The van der Waals surface area contributed by atoms with Gasteiger partial charge in [0.2, 0.25) is 0 Å². The number of unbranched alkanes of at least 4 members (excludes halogenated alkanes) is 28. The summed E-state index contributed by atoms with van der Waals surface area (Å²) in [6, 6.07) is 0. The van der Waals surface area contributed by atoms with Crippen molar-refractivity contribution in [3.8, 4) is 0 Å². The zero-order valence-electron chi connectivity index (χ0n) is 29.7. The zero-order chi connectivity index (χ0) is 32.2. The number of aliphatic hydroxyl groups excluding tert-OH is 1. The van der Waals surface area contributed by atoms with Crippen molar-refractivity contribution in [3.63, 3.8) is 0 Å². The second kappa shape index (κ2) is 36.4. The summed E-state index contributed by atoms with van der Waals surface area (Å²) in [7, 11) is 0. The van der Waals surface area contributed by atoms with E-state index in [1.807, 2.05) is 0 Å². The van der Waals surface area contributed by atoms with E-state index in [-0.39, 0.29) is 25.2 Å². The minimum Gasteiger partial charge on any atom is -0.462 e. The van der Waals surface area contributed by atoms with Crippen molar-refractivity contribution in [1.29, 1.82) is 0 Å². The van der Waals surface area contributed by atoms with Crippen molar-refractivity contribution in [2.45, 2.75) is 225 Å². The molecule has 1 atom stereocenters. The lowest BCUT2D eigenvalue weighted by Crippen LogP contribution is -2.28. The third-order valence-electron chi connectivity index (χ3n) is 8.90. The molecule has 0 fully saturated rings. The van der Waals surface area contributed by atoms with Crippen molar-refractivity contribution in [2.24, 2.45) is 0 Å². The highest BCUT2D eigenvalue weighted by atomic mass is 16.6. The summed E-state index contributed by atoms with van der Waals surface area (Å²) < 4.78 is 10.6. The SMILES string of the molecule is CCCCCCCCCCCCCCCCCCCC(=O)OC(CO)COC(=O)CCCCCCCCCCCCCCC. The van der Waals surface area contributed by atoms with E-state index < -0.39 is 6.10 Å². The van der Waals surface area contributed by atoms with Crippen LogP contribution >= 0.6 is 0 Å². The Kier molecular flexibility index (Phi) is 35.5. The Morgan fingerprint density at radius 2 is 0.705 bits per heavy atom. The number of carbonyl (C=O) groups excluding carboxylic acids is 2. The fourth-order valence-electron chi connectivity index (χ4n) is 5.91. The molecular weight excluding hydrogens is 548 g/mol. The van der Waals surface area contributed by atoms with Gasteiger partial charge in [0.05, 0.1) is 6.61 Å². The number of carbonyl (C=O) groups is 2. The van der Waals surface area contributed by atoms with E-state index in [2.05, 4.69) is 13.8 Å². The Balaban J connectivity index is 3.49. The molecule has 0 saturated carbocycles. The predicted octanol–water partition coefficient (Wildman–Crippen LogP) is 12.0. The molecule has 1 N–H and O–H groups in total. The highest BCUT2D eigenvalue weighted by Crippen LogP contribution is 2.15. The van der Waals surface area contributed by atoms with E-state index in [1.165, 1.54) is 161 Å². The van der Waals surface area contributed by atoms with E-state index in [0.717, 1.165) is 32.1 Å². The Morgan fingerprint density at radius 1 is 0.432 bits per heavy atom. The first-order chi connectivity index (χ1) is 21.6. The van der Waals surface area contributed by atoms with Crippen molar-refractivity contribution >= 4 is 11.9 Å². The van der Waals surface area contributed by atoms with Crippen LogP contribution in [0.1, 0.15) is 219 Å². The molecule has 0 aliphatic carbocycles. The molecule has 0 aromatic rings. The van der Waals surface area contributed by atoms with Gasteiger partial charge in [-0.25, -0.2) is 0 Å². The molecule has 44 heavy (non-hydrogen) atoms. The van der Waals surface area contributed by atoms with E-state index in [1.54, 1.807) is 0 Å². The number of esters is 2. The highest BCUT2D eigenvalue weighted by molar-refractivity contribution is 5.70. The summed E-state index contributed by atoms with van der Waals surface area (Å²) in [6.07, 6.45) is 38.7. The zero-order valence-corrected chi connectivity index (χ0v) is 29.7. The van der Waals surface area contributed by atoms with Crippen LogP contribution in [0.25, 0.3) is 0 Å². The molecule has 5 heteroatoms. The maximum atomic E-state index is 12.2. The average molecular weight is 625 g/mol. The van der Waals surface area contributed by atoms with Gasteiger partial charge in [-0.3, -0.25) is 9.59 Å². The van der Waals surface area contributed by atoms with Gasteiger partial charge in [0.25, 0.3) is 0 Å². The van der Waals surface area contributed by atoms with Crippen LogP contribution in [0.4, 0.5) is 0 Å². The molecule has 5 nitrogen and oxygen atoms in total. The second-order valence-electron chi connectivity index (χ2n) is 13.4. The van der Waals surface area contributed by atoms with E-state index in [4.69, 9.17) is 9.47 Å². The Hall–Kier alpha value is -1.10. The smallest absolute Gasteiger partial charge is 0.306 e. The molecule has 0 aliphatic rings. The standard InChI is InChI=1S/C39H76O5/c1-3-5-7-9-11-13-15-17-18-19-20-22-24-26-28-30-32-34-39(42)44-37(35-40)36-43-38(41)33-31-29-27-25-23-21-16-14-12-10-8-6-4-2/h37,40H,3-36H2,1-2H3. The van der Waals surface area contributed by atoms with E-state index >= 15 is 0 Å². The van der Waals surface area contributed by atoms with Crippen LogP contribution in [0.5, 0.6) is 0 Å². The maximum Gasteiger partial charge on any atom is 0.306 e. The molecule has 0 amide bonds. The van der Waals surface area contributed by atoms with Crippen LogP contribution in [0.2, 0.25) is 0 Å². The number of hydrogen-bond donors (Lipinski definition) is 1. The highest BCUT2D eigenvalue weighted by Gasteiger charge is 2.16. The molecule has 0 saturated heterocycles. The van der Waals surface area contributed by atoms with Gasteiger partial charge >= 0.3 is 11.9 Å². The van der Waals surface area contributed by atoms with Crippen LogP contribution in [0.3, 0.4) is 0 Å². The van der Waals surface area contributed by atoms with Gasteiger partial charge in [0, 0.05) is 12.8 Å². The molecule has 262 valence electrons. The molecule has 0 spiro atoms. The lowest BCUT2D eigenvalue weighted by molar-refractivity contribution is -0.161. The third kappa shape index (κ3) is 33.8. The molecule has 0 radical (unpaired) electrons. The molecule has 0 aromatic heterocycles. The normalized spacial score (nSPS) is 12.0. The Morgan fingerprint density at radius 3 is 1.00 bits per heavy atom. The maximum absolute atomic E-state index is 12.2. The first kappa shape index (κ1) is 42.9. The summed E-state index contributed by atoms with van der Waals surface area (Å²) in [4.78, 5) is 24.2. The van der Waals surface area contributed by atoms with Gasteiger partial charge in [-0.05, 0) is 12.8 Å². The van der Waals surface area contributed by atoms with Crippen molar-refractivity contribution < 1.29 is 24.2 Å². The second-order valence-corrected chi connectivity index (χ2v) is 13.4. The molecule has 0 bridgehead atoms. The van der Waals surface area contributed by atoms with Crippen LogP contribution in [-0.2, 0) is 19.1 Å². The Labute approximate surface area is 274 Å². The van der Waals surface area contributed by atoms with Crippen LogP contribution < -0.4 is 0 Å². The summed E-state index contributed by atoms with van der Waals surface area (Å²) in [5, 5.41) is 9.54. The number of rotatable bonds is 36. The molecule has 0 rings (SSSR count). The average Bonchev–Trinajstić information content (AvgIpc) is 3.02. The molecular formula is C39H76O5. The molecule has 0 aromatic carbocycles. The van der Waals surface area contributed by atoms with Crippen LogP contribution in [-0.4, -0.2) is 36.4 Å². The first-order valence-corrected chi connectivity index (χ1v) is 19.6. The lowest BCUT2D eigenvalue weighted by Gasteiger charge is -2.15.